The van der Waals surface area contributed by atoms with Crippen LogP contribution >= 0.6 is 24.0 Å². The highest BCUT2D eigenvalue weighted by atomic mass is 127. The molecule has 0 amide bonds. The lowest BCUT2D eigenvalue weighted by atomic mass is 9.98. The molecule has 1 atom stereocenters. The number of hydrogen-bond donors (Lipinski definition) is 1. The van der Waals surface area contributed by atoms with Gasteiger partial charge in [0.05, 0.1) is 26.0 Å². The van der Waals surface area contributed by atoms with Crippen molar-refractivity contribution < 1.29 is 13.9 Å². The van der Waals surface area contributed by atoms with Crippen molar-refractivity contribution in [2.45, 2.75) is 18.9 Å². The van der Waals surface area contributed by atoms with Crippen molar-refractivity contribution in [1.29, 1.82) is 0 Å². The number of ether oxygens (including phenoxy) is 2. The van der Waals surface area contributed by atoms with E-state index in [1.54, 1.807) is 20.2 Å². The van der Waals surface area contributed by atoms with E-state index >= 15 is 0 Å². The number of morpholine rings is 1. The Morgan fingerprint density at radius 3 is 2.56 bits per heavy atom. The van der Waals surface area contributed by atoms with Gasteiger partial charge in [-0.1, -0.05) is 18.2 Å². The minimum Gasteiger partial charge on any atom is -0.497 e. The number of nitrogens with zero attached hydrogens (tertiary/aromatic N) is 3. The maximum Gasteiger partial charge on any atom is 0.193 e. The molecule has 2 saturated heterocycles. The average Bonchev–Trinajstić information content (AvgIpc) is 3.30. The largest absolute Gasteiger partial charge is 0.497 e. The summed E-state index contributed by atoms with van der Waals surface area (Å²) in [6, 6.07) is 13.8. The van der Waals surface area contributed by atoms with Crippen LogP contribution in [0.5, 0.6) is 5.75 Å². The van der Waals surface area contributed by atoms with Crippen LogP contribution in [-0.4, -0.2) is 64.4 Å². The Morgan fingerprint density at radius 1 is 1.16 bits per heavy atom. The van der Waals surface area contributed by atoms with Crippen LogP contribution in [0.15, 0.2) is 47.5 Å². The maximum atomic E-state index is 14.7. The zero-order valence-corrected chi connectivity index (χ0v) is 21.1. The van der Waals surface area contributed by atoms with Crippen LogP contribution < -0.4 is 15.0 Å². The summed E-state index contributed by atoms with van der Waals surface area (Å²) in [7, 11) is 3.48. The van der Waals surface area contributed by atoms with Gasteiger partial charge in [0.2, 0.25) is 0 Å². The van der Waals surface area contributed by atoms with E-state index in [0.29, 0.717) is 31.4 Å². The number of guanidine groups is 1. The molecule has 32 heavy (non-hydrogen) atoms. The molecule has 4 rings (SSSR count). The van der Waals surface area contributed by atoms with Crippen molar-refractivity contribution in [3.63, 3.8) is 0 Å². The Morgan fingerprint density at radius 2 is 1.91 bits per heavy atom. The normalized spacial score (nSPS) is 19.0. The molecule has 1 N–H and O–H groups in total. The molecule has 2 heterocycles. The Kier molecular flexibility index (Phi) is 8.98. The molecule has 2 fully saturated rings. The number of halogens is 2. The zero-order valence-electron chi connectivity index (χ0n) is 18.7. The minimum absolute atomic E-state index is 0. The highest BCUT2D eigenvalue weighted by Gasteiger charge is 2.26. The number of rotatable bonds is 5. The lowest BCUT2D eigenvalue weighted by molar-refractivity contribution is 0.122. The summed E-state index contributed by atoms with van der Waals surface area (Å²) < 4.78 is 25.3. The predicted octanol–water partition coefficient (Wildman–Crippen LogP) is 3.85. The summed E-state index contributed by atoms with van der Waals surface area (Å²) in [5.41, 5.74) is 2.87. The van der Waals surface area contributed by atoms with Gasteiger partial charge in [0.25, 0.3) is 0 Å². The summed E-state index contributed by atoms with van der Waals surface area (Å²) in [4.78, 5) is 8.76. The summed E-state index contributed by atoms with van der Waals surface area (Å²) in [5, 5.41) is 3.40. The molecule has 2 aromatic carbocycles. The number of benzene rings is 2. The first kappa shape index (κ1) is 24.6. The van der Waals surface area contributed by atoms with Crippen LogP contribution in [0.3, 0.4) is 0 Å². The van der Waals surface area contributed by atoms with E-state index < -0.39 is 0 Å². The third-order valence-electron chi connectivity index (χ3n) is 6.10. The van der Waals surface area contributed by atoms with E-state index in [4.69, 9.17) is 9.47 Å². The number of aliphatic imine (C=N–C) groups is 1. The van der Waals surface area contributed by atoms with Gasteiger partial charge in [0.15, 0.2) is 5.96 Å². The number of methoxy groups -OCH3 is 1. The second-order valence-electron chi connectivity index (χ2n) is 7.99. The SMILES string of the molecule is CN=C(NCc1ccc(N2CCOCC2)c(F)c1)N1CCC(c2ccc(OC)cc2)C1.I. The van der Waals surface area contributed by atoms with Crippen molar-refractivity contribution in [3.05, 3.63) is 59.4 Å². The number of anilines is 1. The smallest absolute Gasteiger partial charge is 0.193 e. The first-order valence-electron chi connectivity index (χ1n) is 10.9. The Balaban J connectivity index is 0.00000289. The Hall–Kier alpha value is -2.07. The highest BCUT2D eigenvalue weighted by molar-refractivity contribution is 14.0. The topological polar surface area (TPSA) is 49.3 Å². The Labute approximate surface area is 206 Å². The van der Waals surface area contributed by atoms with E-state index in [2.05, 4.69) is 27.3 Å². The molecule has 0 spiro atoms. The van der Waals surface area contributed by atoms with E-state index in [1.807, 2.05) is 29.2 Å². The Bertz CT molecular complexity index is 903. The molecule has 2 aliphatic heterocycles. The van der Waals surface area contributed by atoms with Gasteiger partial charge in [-0.25, -0.2) is 4.39 Å². The molecule has 0 aliphatic carbocycles. The van der Waals surface area contributed by atoms with Gasteiger partial charge in [-0.2, -0.15) is 0 Å². The molecule has 6 nitrogen and oxygen atoms in total. The lowest BCUT2D eigenvalue weighted by Gasteiger charge is -2.29. The molecular weight excluding hydrogens is 522 g/mol. The fourth-order valence-corrected chi connectivity index (χ4v) is 4.34. The summed E-state index contributed by atoms with van der Waals surface area (Å²) in [6.07, 6.45) is 1.08. The third-order valence-corrected chi connectivity index (χ3v) is 6.10. The van der Waals surface area contributed by atoms with E-state index in [-0.39, 0.29) is 29.8 Å². The second-order valence-corrected chi connectivity index (χ2v) is 7.99. The maximum absolute atomic E-state index is 14.7. The molecule has 174 valence electrons. The van der Waals surface area contributed by atoms with Gasteiger partial charge in [0, 0.05) is 45.7 Å². The van der Waals surface area contributed by atoms with Crippen LogP contribution in [-0.2, 0) is 11.3 Å². The lowest BCUT2D eigenvalue weighted by Crippen LogP contribution is -2.39. The summed E-state index contributed by atoms with van der Waals surface area (Å²) in [5.74, 6) is 2.02. The van der Waals surface area contributed by atoms with Crippen molar-refractivity contribution in [2.24, 2.45) is 4.99 Å². The van der Waals surface area contributed by atoms with Gasteiger partial charge in [-0.3, -0.25) is 4.99 Å². The van der Waals surface area contributed by atoms with Crippen LogP contribution in [0.25, 0.3) is 0 Å². The molecule has 0 radical (unpaired) electrons. The van der Waals surface area contributed by atoms with E-state index in [9.17, 15) is 4.39 Å². The van der Waals surface area contributed by atoms with Crippen molar-refractivity contribution in [3.8, 4) is 5.75 Å². The molecule has 8 heteroatoms. The van der Waals surface area contributed by atoms with Gasteiger partial charge in [-0.15, -0.1) is 24.0 Å². The highest BCUT2D eigenvalue weighted by Crippen LogP contribution is 2.28. The van der Waals surface area contributed by atoms with Gasteiger partial charge < -0.3 is 24.6 Å². The average molecular weight is 554 g/mol. The van der Waals surface area contributed by atoms with Crippen LogP contribution in [0.2, 0.25) is 0 Å². The number of likely N-dealkylation sites (tertiary alicyclic amines) is 1. The fourth-order valence-electron chi connectivity index (χ4n) is 4.34. The summed E-state index contributed by atoms with van der Waals surface area (Å²) >= 11 is 0. The molecule has 2 aliphatic rings. The monoisotopic (exact) mass is 554 g/mol. The first-order chi connectivity index (χ1) is 15.2. The summed E-state index contributed by atoms with van der Waals surface area (Å²) in [6.45, 7) is 5.14. The minimum atomic E-state index is -0.183. The zero-order chi connectivity index (χ0) is 21.6. The first-order valence-corrected chi connectivity index (χ1v) is 10.9. The molecule has 2 aromatic rings. The number of hydrogen-bond acceptors (Lipinski definition) is 4. The standard InChI is InChI=1S/C24H31FN4O2.HI/c1-26-24(29-10-9-20(17-29)19-4-6-21(30-2)7-5-19)27-16-18-3-8-23(22(25)15-18)28-11-13-31-14-12-28;/h3-8,15,20H,9-14,16-17H2,1-2H3,(H,26,27);1H. The molecule has 0 saturated carbocycles. The third kappa shape index (κ3) is 5.83. The van der Waals surface area contributed by atoms with Gasteiger partial charge in [-0.05, 0) is 41.8 Å². The van der Waals surface area contributed by atoms with Gasteiger partial charge >= 0.3 is 0 Å². The number of nitrogens with one attached hydrogen (secondary N) is 1. The molecule has 1 unspecified atom stereocenters. The quantitative estimate of drug-likeness (QED) is 0.346. The van der Waals surface area contributed by atoms with Crippen LogP contribution in [0.1, 0.15) is 23.5 Å². The molecular formula is C24H32FIN4O2. The van der Waals surface area contributed by atoms with Crippen molar-refractivity contribution >= 4 is 35.6 Å². The molecule has 0 bridgehead atoms. The van der Waals surface area contributed by atoms with Crippen LogP contribution in [0.4, 0.5) is 10.1 Å². The fraction of sp³-hybridized carbons (Fsp3) is 0.458. The van der Waals surface area contributed by atoms with Gasteiger partial charge in [0.1, 0.15) is 11.6 Å². The van der Waals surface area contributed by atoms with Crippen molar-refractivity contribution in [2.75, 3.05) is 58.5 Å². The predicted molar refractivity (Wildman–Crippen MR) is 137 cm³/mol. The van der Waals surface area contributed by atoms with Crippen LogP contribution in [0, 0.1) is 5.82 Å². The van der Waals surface area contributed by atoms with E-state index in [1.165, 1.54) is 5.56 Å². The van der Waals surface area contributed by atoms with Crippen molar-refractivity contribution in [1.82, 2.24) is 10.2 Å². The second kappa shape index (κ2) is 11.7. The molecule has 0 aromatic heterocycles. The van der Waals surface area contributed by atoms with E-state index in [0.717, 1.165) is 49.9 Å².